The molecule has 0 aliphatic carbocycles. The largest absolute Gasteiger partial charge is 0.508 e. The van der Waals surface area contributed by atoms with Gasteiger partial charge >= 0.3 is 0 Å². The zero-order valence-electron chi connectivity index (χ0n) is 13.5. The number of hydrazone groups is 1. The van der Waals surface area contributed by atoms with Gasteiger partial charge in [-0.1, -0.05) is 13.8 Å². The number of nitrogens with one attached hydrogen (secondary N) is 2. The predicted octanol–water partition coefficient (Wildman–Crippen LogP) is 2.75. The number of nitrogens with zero attached hydrogens (tertiary/aromatic N) is 1. The van der Waals surface area contributed by atoms with Crippen LogP contribution < -0.4 is 10.7 Å². The van der Waals surface area contributed by atoms with Crippen molar-refractivity contribution in [2.45, 2.75) is 13.8 Å². The standard InChI is InChI=1S/C18H19N3O3/c1-12(2)17(23)20-15-7-5-14(6-8-15)18(24)21-19-11-13-3-9-16(22)10-4-13/h3-12,22H,1-2H3,(H,20,23)(H,21,24)/b19-11+. The number of amides is 2. The minimum absolute atomic E-state index is 0.0781. The van der Waals surface area contributed by atoms with Crippen LogP contribution >= 0.6 is 0 Å². The summed E-state index contributed by atoms with van der Waals surface area (Å²) in [6.07, 6.45) is 1.48. The van der Waals surface area contributed by atoms with E-state index in [4.69, 9.17) is 0 Å². The molecule has 0 saturated heterocycles. The Morgan fingerprint density at radius 2 is 1.67 bits per heavy atom. The summed E-state index contributed by atoms with van der Waals surface area (Å²) in [7, 11) is 0. The van der Waals surface area contributed by atoms with Gasteiger partial charge in [0.2, 0.25) is 5.91 Å². The number of hydrogen-bond acceptors (Lipinski definition) is 4. The Kier molecular flexibility index (Phi) is 5.68. The smallest absolute Gasteiger partial charge is 0.271 e. The first-order chi connectivity index (χ1) is 11.5. The minimum Gasteiger partial charge on any atom is -0.508 e. The van der Waals surface area contributed by atoms with Crippen LogP contribution in [0, 0.1) is 5.92 Å². The van der Waals surface area contributed by atoms with Crippen molar-refractivity contribution in [3.63, 3.8) is 0 Å². The highest BCUT2D eigenvalue weighted by atomic mass is 16.3. The van der Waals surface area contributed by atoms with Crippen molar-refractivity contribution in [2.24, 2.45) is 11.0 Å². The molecule has 2 aromatic carbocycles. The Labute approximate surface area is 140 Å². The van der Waals surface area contributed by atoms with Crippen molar-refractivity contribution < 1.29 is 14.7 Å². The van der Waals surface area contributed by atoms with Gasteiger partial charge in [0.25, 0.3) is 5.91 Å². The molecule has 0 aliphatic heterocycles. The van der Waals surface area contributed by atoms with E-state index in [1.54, 1.807) is 36.4 Å². The third kappa shape index (κ3) is 4.95. The van der Waals surface area contributed by atoms with E-state index in [1.165, 1.54) is 18.3 Å². The molecular weight excluding hydrogens is 306 g/mol. The Morgan fingerprint density at radius 1 is 1.04 bits per heavy atom. The maximum absolute atomic E-state index is 12.0. The van der Waals surface area contributed by atoms with Crippen molar-refractivity contribution >= 4 is 23.7 Å². The topological polar surface area (TPSA) is 90.8 Å². The van der Waals surface area contributed by atoms with Gasteiger partial charge in [-0.3, -0.25) is 9.59 Å². The van der Waals surface area contributed by atoms with E-state index in [0.29, 0.717) is 11.3 Å². The fraction of sp³-hybridized carbons (Fsp3) is 0.167. The lowest BCUT2D eigenvalue weighted by Gasteiger charge is -2.08. The number of benzene rings is 2. The molecule has 0 bridgehead atoms. The molecule has 0 atom stereocenters. The molecule has 24 heavy (non-hydrogen) atoms. The molecule has 2 aromatic rings. The first-order valence-corrected chi connectivity index (χ1v) is 7.49. The summed E-state index contributed by atoms with van der Waals surface area (Å²) in [4.78, 5) is 23.6. The molecule has 0 spiro atoms. The molecule has 2 amide bonds. The summed E-state index contributed by atoms with van der Waals surface area (Å²) in [6.45, 7) is 3.62. The van der Waals surface area contributed by atoms with Gasteiger partial charge in [-0.25, -0.2) is 5.43 Å². The third-order valence-electron chi connectivity index (χ3n) is 3.21. The summed E-state index contributed by atoms with van der Waals surface area (Å²) in [6, 6.07) is 13.0. The average Bonchev–Trinajstić information content (AvgIpc) is 2.57. The van der Waals surface area contributed by atoms with Gasteiger partial charge in [-0.2, -0.15) is 5.10 Å². The van der Waals surface area contributed by atoms with Crippen LogP contribution in [0.3, 0.4) is 0 Å². The quantitative estimate of drug-likeness (QED) is 0.583. The van der Waals surface area contributed by atoms with E-state index in [9.17, 15) is 14.7 Å². The SMILES string of the molecule is CC(C)C(=O)Nc1ccc(C(=O)N/N=C/c2ccc(O)cc2)cc1. The van der Waals surface area contributed by atoms with Crippen molar-refractivity contribution in [2.75, 3.05) is 5.32 Å². The number of hydrogen-bond donors (Lipinski definition) is 3. The van der Waals surface area contributed by atoms with Crippen molar-refractivity contribution in [1.82, 2.24) is 5.43 Å². The van der Waals surface area contributed by atoms with Crippen LogP contribution in [-0.4, -0.2) is 23.1 Å². The zero-order valence-corrected chi connectivity index (χ0v) is 13.5. The van der Waals surface area contributed by atoms with E-state index in [0.717, 1.165) is 5.56 Å². The van der Waals surface area contributed by atoms with Crippen LogP contribution in [0.4, 0.5) is 5.69 Å². The van der Waals surface area contributed by atoms with Gasteiger partial charge in [-0.05, 0) is 54.1 Å². The molecule has 2 rings (SSSR count). The predicted molar refractivity (Wildman–Crippen MR) is 93.1 cm³/mol. The van der Waals surface area contributed by atoms with E-state index in [1.807, 2.05) is 13.8 Å². The van der Waals surface area contributed by atoms with Crippen LogP contribution in [0.1, 0.15) is 29.8 Å². The molecule has 0 fully saturated rings. The molecule has 6 nitrogen and oxygen atoms in total. The lowest BCUT2D eigenvalue weighted by molar-refractivity contribution is -0.118. The van der Waals surface area contributed by atoms with Crippen LogP contribution in [0.5, 0.6) is 5.75 Å². The fourth-order valence-corrected chi connectivity index (χ4v) is 1.78. The maximum atomic E-state index is 12.0. The second-order valence-corrected chi connectivity index (χ2v) is 5.51. The zero-order chi connectivity index (χ0) is 17.5. The first kappa shape index (κ1) is 17.2. The highest BCUT2D eigenvalue weighted by Gasteiger charge is 2.08. The Hall–Kier alpha value is -3.15. The lowest BCUT2D eigenvalue weighted by Crippen LogP contribution is -2.19. The van der Waals surface area contributed by atoms with Gasteiger partial charge in [0.1, 0.15) is 5.75 Å². The number of carbonyl (C=O) groups is 2. The van der Waals surface area contributed by atoms with Crippen LogP contribution in [0.2, 0.25) is 0 Å². The molecule has 3 N–H and O–H groups in total. The van der Waals surface area contributed by atoms with E-state index >= 15 is 0 Å². The monoisotopic (exact) mass is 325 g/mol. The van der Waals surface area contributed by atoms with Gasteiger partial charge in [-0.15, -0.1) is 0 Å². The lowest BCUT2D eigenvalue weighted by atomic mass is 10.1. The van der Waals surface area contributed by atoms with Crippen molar-refractivity contribution in [3.8, 4) is 5.75 Å². The molecule has 0 unspecified atom stereocenters. The maximum Gasteiger partial charge on any atom is 0.271 e. The van der Waals surface area contributed by atoms with Gasteiger partial charge in [0, 0.05) is 17.2 Å². The summed E-state index contributed by atoms with van der Waals surface area (Å²) >= 11 is 0. The fourth-order valence-electron chi connectivity index (χ4n) is 1.78. The van der Waals surface area contributed by atoms with E-state index in [-0.39, 0.29) is 23.5 Å². The number of anilines is 1. The third-order valence-corrected chi connectivity index (χ3v) is 3.21. The molecule has 0 saturated carbocycles. The summed E-state index contributed by atoms with van der Waals surface area (Å²) in [5.74, 6) is -0.375. The Balaban J connectivity index is 1.92. The van der Waals surface area contributed by atoms with Crippen molar-refractivity contribution in [3.05, 3.63) is 59.7 Å². The Morgan fingerprint density at radius 3 is 2.25 bits per heavy atom. The molecule has 0 aliphatic rings. The summed E-state index contributed by atoms with van der Waals surface area (Å²) in [5, 5.41) is 15.8. The van der Waals surface area contributed by atoms with Crippen LogP contribution in [0.15, 0.2) is 53.6 Å². The molecule has 0 heterocycles. The van der Waals surface area contributed by atoms with E-state index in [2.05, 4.69) is 15.8 Å². The van der Waals surface area contributed by atoms with Gasteiger partial charge in [0.15, 0.2) is 0 Å². The average molecular weight is 325 g/mol. The number of aromatic hydroxyl groups is 1. The summed E-state index contributed by atoms with van der Waals surface area (Å²) in [5.41, 5.74) is 4.24. The van der Waals surface area contributed by atoms with Crippen molar-refractivity contribution in [1.29, 1.82) is 0 Å². The molecule has 0 aromatic heterocycles. The Bertz CT molecular complexity index is 735. The molecule has 6 heteroatoms. The normalized spacial score (nSPS) is 10.8. The second-order valence-electron chi connectivity index (χ2n) is 5.51. The first-order valence-electron chi connectivity index (χ1n) is 7.49. The summed E-state index contributed by atoms with van der Waals surface area (Å²) < 4.78 is 0. The number of phenolic OH excluding ortho intramolecular Hbond substituents is 1. The van der Waals surface area contributed by atoms with E-state index < -0.39 is 0 Å². The highest BCUT2D eigenvalue weighted by molar-refractivity contribution is 5.96. The minimum atomic E-state index is -0.355. The van der Waals surface area contributed by atoms with Gasteiger partial charge in [0.05, 0.1) is 6.21 Å². The molecule has 124 valence electrons. The molecule has 0 radical (unpaired) electrons. The van der Waals surface area contributed by atoms with Crippen LogP contribution in [0.25, 0.3) is 0 Å². The number of carbonyl (C=O) groups excluding carboxylic acids is 2. The second kappa shape index (κ2) is 7.92. The molecular formula is C18H19N3O3. The van der Waals surface area contributed by atoms with Crippen LogP contribution in [-0.2, 0) is 4.79 Å². The highest BCUT2D eigenvalue weighted by Crippen LogP contribution is 2.11. The number of phenols is 1. The number of rotatable bonds is 5. The van der Waals surface area contributed by atoms with Gasteiger partial charge < -0.3 is 10.4 Å².